The van der Waals surface area contributed by atoms with Gasteiger partial charge in [0.15, 0.2) is 0 Å². The summed E-state index contributed by atoms with van der Waals surface area (Å²) in [5, 5.41) is 3.23. The van der Waals surface area contributed by atoms with Gasteiger partial charge in [-0.3, -0.25) is 4.79 Å². The van der Waals surface area contributed by atoms with E-state index in [0.717, 1.165) is 82.2 Å². The van der Waals surface area contributed by atoms with Crippen LogP contribution in [0.25, 0.3) is 17.2 Å². The average Bonchev–Trinajstić information content (AvgIpc) is 3.42. The summed E-state index contributed by atoms with van der Waals surface area (Å²) >= 11 is 0. The quantitative estimate of drug-likeness (QED) is 0.470. The number of hydrogen-bond acceptors (Lipinski definition) is 5. The standard InChI is InChI=1S/C31H40N2O4/c1-8-19(2)31-28(36-6)14-21(15-29(31)37-7)13-25-20(3)26(27-16-23(35-5)9-10-24(25)27)17-30(34)32-22-11-12-33(4)18-22/h9-10,13-16,19,22H,8,11-12,17-18H2,1-7H3,(H,32,34)/b25-13-. The second-order valence-corrected chi connectivity index (χ2v) is 10.2. The molecule has 6 nitrogen and oxygen atoms in total. The lowest BCUT2D eigenvalue weighted by Crippen LogP contribution is -2.36. The summed E-state index contributed by atoms with van der Waals surface area (Å²) in [6.45, 7) is 8.37. The number of fused-ring (bicyclic) bond motifs is 1. The van der Waals surface area contributed by atoms with Gasteiger partial charge in [-0.25, -0.2) is 0 Å². The highest BCUT2D eigenvalue weighted by Gasteiger charge is 2.28. The molecule has 6 heteroatoms. The molecule has 4 rings (SSSR count). The van der Waals surface area contributed by atoms with Gasteiger partial charge >= 0.3 is 0 Å². The van der Waals surface area contributed by atoms with Gasteiger partial charge in [-0.15, -0.1) is 0 Å². The first-order chi connectivity index (χ1) is 17.8. The van der Waals surface area contributed by atoms with Crippen LogP contribution in [0.5, 0.6) is 17.2 Å². The van der Waals surface area contributed by atoms with Crippen LogP contribution in [-0.4, -0.2) is 58.3 Å². The van der Waals surface area contributed by atoms with E-state index in [1.54, 1.807) is 21.3 Å². The van der Waals surface area contributed by atoms with Crippen molar-refractivity contribution in [3.05, 3.63) is 58.2 Å². The van der Waals surface area contributed by atoms with Gasteiger partial charge in [-0.1, -0.05) is 19.9 Å². The highest BCUT2D eigenvalue weighted by molar-refractivity contribution is 6.08. The Balaban J connectivity index is 1.74. The number of methoxy groups -OCH3 is 3. The number of rotatable bonds is 9. The fourth-order valence-electron chi connectivity index (χ4n) is 5.51. The molecule has 2 aromatic carbocycles. The zero-order valence-electron chi connectivity index (χ0n) is 23.2. The van der Waals surface area contributed by atoms with Crippen molar-refractivity contribution < 1.29 is 19.0 Å². The number of nitrogens with one attached hydrogen (secondary N) is 1. The molecule has 1 heterocycles. The van der Waals surface area contributed by atoms with Gasteiger partial charge in [0.1, 0.15) is 17.2 Å². The van der Waals surface area contributed by atoms with Gasteiger partial charge in [0.25, 0.3) is 0 Å². The number of nitrogens with zero attached hydrogens (tertiary/aromatic N) is 1. The topological polar surface area (TPSA) is 60.0 Å². The molecule has 2 aromatic rings. The Morgan fingerprint density at radius 1 is 1.11 bits per heavy atom. The Morgan fingerprint density at radius 3 is 2.38 bits per heavy atom. The number of carbonyl (C=O) groups is 1. The lowest BCUT2D eigenvalue weighted by molar-refractivity contribution is -0.120. The molecular formula is C31H40N2O4. The minimum atomic E-state index is 0.0610. The van der Waals surface area contributed by atoms with Crippen molar-refractivity contribution in [2.45, 2.75) is 52.0 Å². The minimum Gasteiger partial charge on any atom is -0.497 e. The summed E-state index contributed by atoms with van der Waals surface area (Å²) in [6, 6.07) is 10.5. The molecule has 2 aliphatic rings. The molecule has 1 N–H and O–H groups in total. The smallest absolute Gasteiger partial charge is 0.224 e. The molecule has 0 aromatic heterocycles. The number of carbonyl (C=O) groups excluding carboxylic acids is 1. The second-order valence-electron chi connectivity index (χ2n) is 10.2. The van der Waals surface area contributed by atoms with E-state index < -0.39 is 0 Å². The molecule has 1 fully saturated rings. The highest BCUT2D eigenvalue weighted by atomic mass is 16.5. The van der Waals surface area contributed by atoms with E-state index in [1.807, 2.05) is 12.1 Å². The van der Waals surface area contributed by atoms with Gasteiger partial charge in [0.05, 0.1) is 27.8 Å². The van der Waals surface area contributed by atoms with Crippen molar-refractivity contribution in [2.24, 2.45) is 0 Å². The van der Waals surface area contributed by atoms with Gasteiger partial charge in [0, 0.05) is 18.2 Å². The fraction of sp³-hybridized carbons (Fsp3) is 0.452. The summed E-state index contributed by atoms with van der Waals surface area (Å²) in [4.78, 5) is 15.3. The van der Waals surface area contributed by atoms with Crippen molar-refractivity contribution in [1.82, 2.24) is 10.2 Å². The third-order valence-electron chi connectivity index (χ3n) is 7.77. The van der Waals surface area contributed by atoms with Crippen LogP contribution in [0.1, 0.15) is 68.2 Å². The molecule has 1 amide bonds. The van der Waals surface area contributed by atoms with E-state index in [2.05, 4.69) is 62.3 Å². The first-order valence-electron chi connectivity index (χ1n) is 13.1. The maximum Gasteiger partial charge on any atom is 0.224 e. The van der Waals surface area contributed by atoms with Crippen LogP contribution < -0.4 is 19.5 Å². The molecule has 1 aliphatic carbocycles. The number of likely N-dealkylation sites (N-methyl/N-ethyl adjacent to an activating group) is 1. The Bertz CT molecular complexity index is 1200. The maximum absolute atomic E-state index is 13.1. The lowest BCUT2D eigenvalue weighted by atomic mass is 9.93. The van der Waals surface area contributed by atoms with E-state index >= 15 is 0 Å². The van der Waals surface area contributed by atoms with Gasteiger partial charge in [-0.05, 0) is 103 Å². The molecule has 0 radical (unpaired) electrons. The largest absolute Gasteiger partial charge is 0.497 e. The zero-order valence-corrected chi connectivity index (χ0v) is 23.2. The predicted octanol–water partition coefficient (Wildman–Crippen LogP) is 5.76. The van der Waals surface area contributed by atoms with Crippen LogP contribution >= 0.6 is 0 Å². The van der Waals surface area contributed by atoms with Gasteiger partial charge in [-0.2, -0.15) is 0 Å². The van der Waals surface area contributed by atoms with E-state index in [4.69, 9.17) is 14.2 Å². The summed E-state index contributed by atoms with van der Waals surface area (Å²) in [5.74, 6) is 2.82. The second kappa shape index (κ2) is 11.4. The number of likely N-dealkylation sites (tertiary alicyclic amines) is 1. The third kappa shape index (κ3) is 5.54. The monoisotopic (exact) mass is 504 g/mol. The summed E-state index contributed by atoms with van der Waals surface area (Å²) in [7, 11) is 7.18. The Hall–Kier alpha value is -3.25. The predicted molar refractivity (Wildman–Crippen MR) is 150 cm³/mol. The van der Waals surface area contributed by atoms with Crippen LogP contribution in [-0.2, 0) is 4.79 Å². The fourth-order valence-corrected chi connectivity index (χ4v) is 5.51. The number of benzene rings is 2. The van der Waals surface area contributed by atoms with Crippen molar-refractivity contribution >= 4 is 23.1 Å². The molecule has 0 bridgehead atoms. The van der Waals surface area contributed by atoms with Crippen LogP contribution in [0.3, 0.4) is 0 Å². The third-order valence-corrected chi connectivity index (χ3v) is 7.77. The zero-order chi connectivity index (χ0) is 26.7. The molecule has 0 spiro atoms. The summed E-state index contributed by atoms with van der Waals surface area (Å²) < 4.78 is 17.1. The maximum atomic E-state index is 13.1. The summed E-state index contributed by atoms with van der Waals surface area (Å²) in [5.41, 5.74) is 7.49. The van der Waals surface area contributed by atoms with Gasteiger partial charge in [0.2, 0.25) is 5.91 Å². The van der Waals surface area contributed by atoms with Crippen molar-refractivity contribution in [3.63, 3.8) is 0 Å². The van der Waals surface area contributed by atoms with Crippen LogP contribution in [0.2, 0.25) is 0 Å². The highest BCUT2D eigenvalue weighted by Crippen LogP contribution is 2.46. The molecule has 0 saturated carbocycles. The Labute approximate surface area is 221 Å². The summed E-state index contributed by atoms with van der Waals surface area (Å²) in [6.07, 6.45) is 4.49. The van der Waals surface area contributed by atoms with Crippen molar-refractivity contribution in [1.29, 1.82) is 0 Å². The first kappa shape index (κ1) is 26.8. The molecule has 2 atom stereocenters. The van der Waals surface area contributed by atoms with Crippen molar-refractivity contribution in [2.75, 3.05) is 41.5 Å². The molecule has 198 valence electrons. The van der Waals surface area contributed by atoms with E-state index in [-0.39, 0.29) is 11.9 Å². The SMILES string of the molecule is CCC(C)c1c(OC)cc(/C=C2/C(C)=C(CC(=O)NC3CCN(C)C3)c3cc(OC)ccc32)cc1OC. The van der Waals surface area contributed by atoms with Gasteiger partial charge < -0.3 is 24.4 Å². The van der Waals surface area contributed by atoms with Crippen molar-refractivity contribution in [3.8, 4) is 17.2 Å². The van der Waals surface area contributed by atoms with E-state index in [9.17, 15) is 4.79 Å². The molecular weight excluding hydrogens is 464 g/mol. The Morgan fingerprint density at radius 2 is 1.81 bits per heavy atom. The molecule has 2 unspecified atom stereocenters. The van der Waals surface area contributed by atoms with E-state index in [0.29, 0.717) is 12.3 Å². The van der Waals surface area contributed by atoms with E-state index in [1.165, 1.54) is 0 Å². The average molecular weight is 505 g/mol. The number of amides is 1. The molecule has 1 saturated heterocycles. The first-order valence-corrected chi connectivity index (χ1v) is 13.1. The van der Waals surface area contributed by atoms with Crippen LogP contribution in [0.15, 0.2) is 35.9 Å². The Kier molecular flexibility index (Phi) is 8.28. The minimum absolute atomic E-state index is 0.0610. The lowest BCUT2D eigenvalue weighted by Gasteiger charge is -2.19. The number of ether oxygens (including phenoxy) is 3. The number of allylic oxidation sites excluding steroid dienone is 2. The van der Waals surface area contributed by atoms with Crippen LogP contribution in [0, 0.1) is 0 Å². The normalized spacial score (nSPS) is 19.2. The molecule has 37 heavy (non-hydrogen) atoms. The molecule has 1 aliphatic heterocycles. The number of hydrogen-bond donors (Lipinski definition) is 1. The van der Waals surface area contributed by atoms with Crippen LogP contribution in [0.4, 0.5) is 0 Å².